The standard InChI is InChI=1S/C34H58O/c1-20(2)21(3)15-25(7)31(8,9)29-13-14-33(11)27-17-28(35)26-16-22(4)23(5)18-32(26,10)30(27)24(6)19-34(29,33)12/h17,20-26,29-30H,13-16,18-19H2,1-12H3/t21-,22+,23-,24+,25+,26-,29+,30?,32-,33-,34+/m0/s1. The minimum absolute atomic E-state index is 0.143. The predicted molar refractivity (Wildman–Crippen MR) is 150 cm³/mol. The number of rotatable bonds is 5. The van der Waals surface area contributed by atoms with Gasteiger partial charge in [-0.1, -0.05) is 88.7 Å². The van der Waals surface area contributed by atoms with Crippen LogP contribution in [0.5, 0.6) is 0 Å². The molecule has 0 saturated heterocycles. The molecule has 0 radical (unpaired) electrons. The van der Waals surface area contributed by atoms with E-state index in [4.69, 9.17) is 0 Å². The molecule has 1 nitrogen and oxygen atoms in total. The zero-order valence-electron chi connectivity index (χ0n) is 25.4. The summed E-state index contributed by atoms with van der Waals surface area (Å²) in [6.45, 7) is 30.1. The number of carbonyl (C=O) groups is 1. The summed E-state index contributed by atoms with van der Waals surface area (Å²) in [6, 6.07) is 0. The van der Waals surface area contributed by atoms with Crippen LogP contribution in [0.4, 0.5) is 0 Å². The molecule has 35 heavy (non-hydrogen) atoms. The van der Waals surface area contributed by atoms with Gasteiger partial charge in [0.05, 0.1) is 0 Å². The van der Waals surface area contributed by atoms with Crippen molar-refractivity contribution in [3.05, 3.63) is 11.6 Å². The fourth-order valence-electron chi connectivity index (χ4n) is 10.6. The lowest BCUT2D eigenvalue weighted by molar-refractivity contribution is -0.139. The molecule has 3 fully saturated rings. The van der Waals surface area contributed by atoms with E-state index in [1.165, 1.54) is 32.1 Å². The van der Waals surface area contributed by atoms with E-state index < -0.39 is 0 Å². The topological polar surface area (TPSA) is 17.1 Å². The molecular weight excluding hydrogens is 424 g/mol. The summed E-state index contributed by atoms with van der Waals surface area (Å²) in [5, 5.41) is 0. The first kappa shape index (κ1) is 27.4. The van der Waals surface area contributed by atoms with E-state index in [1.54, 1.807) is 5.57 Å². The Kier molecular flexibility index (Phi) is 6.84. The molecule has 0 aromatic heterocycles. The van der Waals surface area contributed by atoms with Gasteiger partial charge in [-0.2, -0.15) is 0 Å². The number of carbonyl (C=O) groups excluding carboxylic acids is 1. The summed E-state index contributed by atoms with van der Waals surface area (Å²) < 4.78 is 0. The van der Waals surface area contributed by atoms with Crippen molar-refractivity contribution in [2.24, 2.45) is 74.9 Å². The molecule has 4 aliphatic rings. The number of hydrogen-bond donors (Lipinski definition) is 0. The van der Waals surface area contributed by atoms with Gasteiger partial charge in [0.1, 0.15) is 0 Å². The molecule has 1 heteroatoms. The monoisotopic (exact) mass is 482 g/mol. The second kappa shape index (κ2) is 8.73. The Morgan fingerprint density at radius 3 is 2.20 bits per heavy atom. The number of hydrogen-bond acceptors (Lipinski definition) is 1. The van der Waals surface area contributed by atoms with Crippen LogP contribution in [-0.4, -0.2) is 5.78 Å². The van der Waals surface area contributed by atoms with Crippen LogP contribution >= 0.6 is 0 Å². The molecule has 0 amide bonds. The van der Waals surface area contributed by atoms with Crippen molar-refractivity contribution in [1.29, 1.82) is 0 Å². The highest BCUT2D eigenvalue weighted by molar-refractivity contribution is 5.94. The molecule has 0 bridgehead atoms. The van der Waals surface area contributed by atoms with Gasteiger partial charge in [0, 0.05) is 5.92 Å². The second-order valence-electron chi connectivity index (χ2n) is 16.1. The normalized spacial score (nSPS) is 47.6. The van der Waals surface area contributed by atoms with Crippen molar-refractivity contribution in [3.63, 3.8) is 0 Å². The van der Waals surface area contributed by atoms with E-state index in [2.05, 4.69) is 89.2 Å². The first-order chi connectivity index (χ1) is 16.0. The Labute approximate surface area is 218 Å². The number of allylic oxidation sites excluding steroid dienone is 2. The van der Waals surface area contributed by atoms with Gasteiger partial charge in [-0.15, -0.1) is 0 Å². The van der Waals surface area contributed by atoms with Crippen molar-refractivity contribution in [2.75, 3.05) is 0 Å². The molecule has 1 unspecified atom stereocenters. The van der Waals surface area contributed by atoms with Gasteiger partial charge in [-0.05, 0) is 114 Å². The summed E-state index contributed by atoms with van der Waals surface area (Å²) in [5.74, 6) is 6.27. The summed E-state index contributed by atoms with van der Waals surface area (Å²) in [4.78, 5) is 13.8. The van der Waals surface area contributed by atoms with E-state index in [0.29, 0.717) is 40.8 Å². The summed E-state index contributed by atoms with van der Waals surface area (Å²) in [7, 11) is 0. The molecule has 4 aliphatic carbocycles. The lowest BCUT2D eigenvalue weighted by Gasteiger charge is -2.64. The van der Waals surface area contributed by atoms with Gasteiger partial charge in [0.2, 0.25) is 0 Å². The SMILES string of the molecule is CC(C)[C@@H](C)C[C@@H](C)C(C)(C)[C@H]1CC[C@@]2(C)C3=CC(=O)[C@@H]4C[C@@H](C)[C@@H](C)C[C@]4(C)C3[C@H](C)C[C@]12C. The van der Waals surface area contributed by atoms with E-state index in [1.807, 2.05) is 0 Å². The lowest BCUT2D eigenvalue weighted by atomic mass is 9.39. The highest BCUT2D eigenvalue weighted by Gasteiger charge is 2.68. The van der Waals surface area contributed by atoms with Crippen molar-refractivity contribution >= 4 is 5.78 Å². The van der Waals surface area contributed by atoms with Crippen LogP contribution in [0.15, 0.2) is 11.6 Å². The van der Waals surface area contributed by atoms with Gasteiger partial charge in [0.15, 0.2) is 5.78 Å². The maximum Gasteiger partial charge on any atom is 0.159 e. The van der Waals surface area contributed by atoms with Gasteiger partial charge >= 0.3 is 0 Å². The quantitative estimate of drug-likeness (QED) is 0.381. The zero-order chi connectivity index (χ0) is 26.3. The average Bonchev–Trinajstić information content (AvgIpc) is 3.01. The molecule has 0 aliphatic heterocycles. The van der Waals surface area contributed by atoms with Crippen molar-refractivity contribution in [1.82, 2.24) is 0 Å². The Balaban J connectivity index is 1.72. The Hall–Kier alpha value is -0.590. The first-order valence-electron chi connectivity index (χ1n) is 15.3. The fourth-order valence-corrected chi connectivity index (χ4v) is 10.6. The Bertz CT molecular complexity index is 864. The molecule has 200 valence electrons. The molecule has 0 aromatic rings. The maximum absolute atomic E-state index is 13.8. The van der Waals surface area contributed by atoms with Gasteiger partial charge in [-0.25, -0.2) is 0 Å². The van der Waals surface area contributed by atoms with E-state index in [-0.39, 0.29) is 22.2 Å². The molecule has 0 spiro atoms. The third-order valence-corrected chi connectivity index (χ3v) is 13.8. The Morgan fingerprint density at radius 2 is 1.60 bits per heavy atom. The third-order valence-electron chi connectivity index (χ3n) is 13.8. The molecule has 0 heterocycles. The number of fused-ring (bicyclic) bond motifs is 5. The molecule has 11 atom stereocenters. The predicted octanol–water partition coefficient (Wildman–Crippen LogP) is 9.61. The van der Waals surface area contributed by atoms with Crippen LogP contribution < -0.4 is 0 Å². The van der Waals surface area contributed by atoms with Crippen LogP contribution in [0, 0.1) is 74.9 Å². The minimum Gasteiger partial charge on any atom is -0.295 e. The van der Waals surface area contributed by atoms with Crippen molar-refractivity contribution in [2.45, 2.75) is 122 Å². The number of ketones is 1. The van der Waals surface area contributed by atoms with Crippen LogP contribution in [0.25, 0.3) is 0 Å². The van der Waals surface area contributed by atoms with Crippen molar-refractivity contribution in [3.8, 4) is 0 Å². The van der Waals surface area contributed by atoms with Crippen molar-refractivity contribution < 1.29 is 4.79 Å². The second-order valence-corrected chi connectivity index (χ2v) is 16.1. The van der Waals surface area contributed by atoms with E-state index >= 15 is 0 Å². The highest BCUT2D eigenvalue weighted by atomic mass is 16.1. The summed E-state index contributed by atoms with van der Waals surface area (Å²) in [6.07, 6.45) is 9.78. The average molecular weight is 483 g/mol. The fraction of sp³-hybridized carbons (Fsp3) is 0.912. The van der Waals surface area contributed by atoms with E-state index in [0.717, 1.165) is 24.2 Å². The zero-order valence-corrected chi connectivity index (χ0v) is 25.4. The van der Waals surface area contributed by atoms with Crippen LogP contribution in [0.2, 0.25) is 0 Å². The van der Waals surface area contributed by atoms with Crippen LogP contribution in [0.3, 0.4) is 0 Å². The minimum atomic E-state index is 0.143. The third kappa shape index (κ3) is 3.86. The molecule has 0 aromatic carbocycles. The first-order valence-corrected chi connectivity index (χ1v) is 15.3. The molecule has 0 N–H and O–H groups in total. The highest BCUT2D eigenvalue weighted by Crippen LogP contribution is 2.75. The Morgan fingerprint density at radius 1 is 0.971 bits per heavy atom. The van der Waals surface area contributed by atoms with Gasteiger partial charge in [0.25, 0.3) is 0 Å². The van der Waals surface area contributed by atoms with E-state index in [9.17, 15) is 4.79 Å². The molecular formula is C34H58O. The van der Waals surface area contributed by atoms with Gasteiger partial charge in [-0.3, -0.25) is 4.79 Å². The van der Waals surface area contributed by atoms with Crippen LogP contribution in [0.1, 0.15) is 122 Å². The smallest absolute Gasteiger partial charge is 0.159 e. The summed E-state index contributed by atoms with van der Waals surface area (Å²) in [5.41, 5.74) is 2.45. The molecule has 4 rings (SSSR count). The van der Waals surface area contributed by atoms with Crippen LogP contribution in [-0.2, 0) is 4.79 Å². The maximum atomic E-state index is 13.8. The van der Waals surface area contributed by atoms with Gasteiger partial charge < -0.3 is 0 Å². The lowest BCUT2D eigenvalue weighted by Crippen LogP contribution is -2.59. The molecule has 3 saturated carbocycles. The largest absolute Gasteiger partial charge is 0.295 e. The summed E-state index contributed by atoms with van der Waals surface area (Å²) >= 11 is 0.